The summed E-state index contributed by atoms with van der Waals surface area (Å²) in [4.78, 5) is 3.08. The van der Waals surface area contributed by atoms with E-state index >= 15 is 0 Å². The van der Waals surface area contributed by atoms with Gasteiger partial charge in [0.1, 0.15) is 0 Å². The lowest BCUT2D eigenvalue weighted by molar-refractivity contribution is 1.45. The van der Waals surface area contributed by atoms with Gasteiger partial charge in [-0.1, -0.05) is 0 Å². The summed E-state index contributed by atoms with van der Waals surface area (Å²) in [7, 11) is 0. The summed E-state index contributed by atoms with van der Waals surface area (Å²) in [6, 6.07) is 7.71. The van der Waals surface area contributed by atoms with E-state index in [-0.39, 0.29) is 0 Å². The molecule has 1 aromatic carbocycles. The first kappa shape index (κ1) is 7.38. The third-order valence-corrected chi connectivity index (χ3v) is 2.37. The molecule has 0 unspecified atom stereocenters. The average molecular weight is 221 g/mol. The molecule has 1 N–H and O–H groups in total. The minimum Gasteiger partial charge on any atom is -0.360 e. The second kappa shape index (κ2) is 2.65. The fraction of sp³-hybridized carbons (Fsp3) is 0. The second-order valence-corrected chi connectivity index (χ2v) is 3.37. The minimum atomic E-state index is 0.675. The number of aromatic nitrogens is 1. The smallest absolute Gasteiger partial charge is 0.0992 e. The van der Waals surface area contributed by atoms with E-state index < -0.39 is 0 Å². The number of rotatable bonds is 0. The Hall–Kier alpha value is -1.27. The van der Waals surface area contributed by atoms with Gasteiger partial charge >= 0.3 is 0 Å². The number of benzene rings is 1. The van der Waals surface area contributed by atoms with Gasteiger partial charge in [-0.25, -0.2) is 0 Å². The van der Waals surface area contributed by atoms with E-state index in [4.69, 9.17) is 5.26 Å². The van der Waals surface area contributed by atoms with Crippen molar-refractivity contribution in [2.24, 2.45) is 0 Å². The Kier molecular flexibility index (Phi) is 1.63. The predicted molar refractivity (Wildman–Crippen MR) is 50.7 cm³/mol. The maximum Gasteiger partial charge on any atom is 0.0992 e. The summed E-state index contributed by atoms with van der Waals surface area (Å²) >= 11 is 3.39. The van der Waals surface area contributed by atoms with Crippen molar-refractivity contribution >= 4 is 26.8 Å². The van der Waals surface area contributed by atoms with Crippen molar-refractivity contribution in [1.82, 2.24) is 4.98 Å². The third kappa shape index (κ3) is 1.01. The van der Waals surface area contributed by atoms with E-state index in [1.165, 1.54) is 0 Å². The van der Waals surface area contributed by atoms with Crippen molar-refractivity contribution in [3.8, 4) is 6.07 Å². The fourth-order valence-corrected chi connectivity index (χ4v) is 1.78. The molecule has 58 valence electrons. The zero-order valence-electron chi connectivity index (χ0n) is 6.13. The van der Waals surface area contributed by atoms with Crippen molar-refractivity contribution in [2.75, 3.05) is 0 Å². The van der Waals surface area contributed by atoms with Gasteiger partial charge in [0.2, 0.25) is 0 Å². The Labute approximate surface area is 77.9 Å². The summed E-state index contributed by atoms with van der Waals surface area (Å²) in [5.74, 6) is 0. The lowest BCUT2D eigenvalue weighted by Crippen LogP contribution is -1.76. The second-order valence-electron chi connectivity index (χ2n) is 2.51. The monoisotopic (exact) mass is 220 g/mol. The Balaban J connectivity index is 2.86. The van der Waals surface area contributed by atoms with E-state index in [1.807, 2.05) is 18.3 Å². The fourth-order valence-electron chi connectivity index (χ4n) is 1.19. The highest BCUT2D eigenvalue weighted by atomic mass is 79.9. The molecule has 0 spiro atoms. The molecule has 0 bridgehead atoms. The number of nitrogens with one attached hydrogen (secondary N) is 1. The Bertz CT molecular complexity index is 465. The van der Waals surface area contributed by atoms with Crippen LogP contribution in [-0.4, -0.2) is 4.98 Å². The first-order valence-corrected chi connectivity index (χ1v) is 4.27. The molecule has 2 rings (SSSR count). The topological polar surface area (TPSA) is 39.6 Å². The van der Waals surface area contributed by atoms with Gasteiger partial charge in [-0.3, -0.25) is 0 Å². The van der Waals surface area contributed by atoms with E-state index in [9.17, 15) is 0 Å². The van der Waals surface area contributed by atoms with Gasteiger partial charge in [0.25, 0.3) is 0 Å². The quantitative estimate of drug-likeness (QED) is 0.729. The van der Waals surface area contributed by atoms with E-state index in [1.54, 1.807) is 6.07 Å². The van der Waals surface area contributed by atoms with Crippen molar-refractivity contribution in [3.63, 3.8) is 0 Å². The van der Waals surface area contributed by atoms with Crippen LogP contribution < -0.4 is 0 Å². The molecular formula is C9H5BrN2. The van der Waals surface area contributed by atoms with Crippen LogP contribution in [0.4, 0.5) is 0 Å². The van der Waals surface area contributed by atoms with Crippen LogP contribution in [0.25, 0.3) is 10.9 Å². The van der Waals surface area contributed by atoms with Gasteiger partial charge in [0.15, 0.2) is 0 Å². The molecule has 1 aromatic heterocycles. The zero-order chi connectivity index (χ0) is 8.55. The summed E-state index contributed by atoms with van der Waals surface area (Å²) in [5, 5.41) is 9.73. The molecule has 12 heavy (non-hydrogen) atoms. The molecule has 0 aliphatic carbocycles. The number of nitriles is 1. The third-order valence-electron chi connectivity index (χ3n) is 1.74. The molecule has 2 nitrogen and oxygen atoms in total. The van der Waals surface area contributed by atoms with Gasteiger partial charge in [-0.15, -0.1) is 0 Å². The maximum atomic E-state index is 8.68. The highest BCUT2D eigenvalue weighted by Crippen LogP contribution is 2.23. The molecule has 0 fully saturated rings. The molecule has 0 saturated heterocycles. The first-order chi connectivity index (χ1) is 5.81. The Morgan fingerprint density at radius 2 is 2.25 bits per heavy atom. The molecule has 0 aliphatic rings. The number of aromatic amines is 1. The largest absolute Gasteiger partial charge is 0.360 e. The van der Waals surface area contributed by atoms with Crippen molar-refractivity contribution in [2.45, 2.75) is 0 Å². The molecule has 0 saturated carbocycles. The molecule has 2 aromatic rings. The number of nitrogens with zero attached hydrogens (tertiary/aromatic N) is 1. The van der Waals surface area contributed by atoms with Crippen LogP contribution in [0.5, 0.6) is 0 Å². The molecular weight excluding hydrogens is 216 g/mol. The molecule has 3 heteroatoms. The number of hydrogen-bond donors (Lipinski definition) is 1. The summed E-state index contributed by atoms with van der Waals surface area (Å²) in [6.07, 6.45) is 1.86. The van der Waals surface area contributed by atoms with Crippen molar-refractivity contribution in [1.29, 1.82) is 5.26 Å². The number of fused-ring (bicyclic) bond motifs is 1. The number of H-pyrrole nitrogens is 1. The highest BCUT2D eigenvalue weighted by molar-refractivity contribution is 9.10. The zero-order valence-corrected chi connectivity index (χ0v) is 7.72. The van der Waals surface area contributed by atoms with Crippen LogP contribution in [0, 0.1) is 11.3 Å². The summed E-state index contributed by atoms with van der Waals surface area (Å²) in [5.41, 5.74) is 1.71. The van der Waals surface area contributed by atoms with Crippen LogP contribution in [0.3, 0.4) is 0 Å². The van der Waals surface area contributed by atoms with Gasteiger partial charge < -0.3 is 4.98 Å². The molecule has 0 atom stereocenters. The standard InChI is InChI=1S/C9H5BrN2/c10-8-4-6(5-11)3-7-1-2-12-9(7)8/h1-4,12H. The maximum absolute atomic E-state index is 8.68. The van der Waals surface area contributed by atoms with Crippen LogP contribution in [0.15, 0.2) is 28.9 Å². The summed E-state index contributed by atoms with van der Waals surface area (Å²) < 4.78 is 0.932. The average Bonchev–Trinajstić information content (AvgIpc) is 2.52. The van der Waals surface area contributed by atoms with E-state index in [0.717, 1.165) is 15.4 Å². The van der Waals surface area contributed by atoms with Crippen molar-refractivity contribution in [3.05, 3.63) is 34.4 Å². The first-order valence-electron chi connectivity index (χ1n) is 3.48. The minimum absolute atomic E-state index is 0.675. The van der Waals surface area contributed by atoms with E-state index in [0.29, 0.717) is 5.56 Å². The highest BCUT2D eigenvalue weighted by Gasteiger charge is 2.01. The van der Waals surface area contributed by atoms with Crippen LogP contribution in [0.2, 0.25) is 0 Å². The Morgan fingerprint density at radius 1 is 1.42 bits per heavy atom. The summed E-state index contributed by atoms with van der Waals surface area (Å²) in [6.45, 7) is 0. The van der Waals surface area contributed by atoms with Gasteiger partial charge in [0.05, 0.1) is 17.1 Å². The lowest BCUT2D eigenvalue weighted by Gasteiger charge is -1.94. The number of hydrogen-bond acceptors (Lipinski definition) is 1. The van der Waals surface area contributed by atoms with Crippen molar-refractivity contribution < 1.29 is 0 Å². The predicted octanol–water partition coefficient (Wildman–Crippen LogP) is 2.80. The molecule has 1 heterocycles. The number of halogens is 1. The van der Waals surface area contributed by atoms with E-state index in [2.05, 4.69) is 27.0 Å². The van der Waals surface area contributed by atoms with Gasteiger partial charge in [0, 0.05) is 16.1 Å². The van der Waals surface area contributed by atoms with Crippen LogP contribution in [0.1, 0.15) is 5.56 Å². The SMILES string of the molecule is N#Cc1cc(Br)c2[nH]ccc2c1. The van der Waals surface area contributed by atoms with Gasteiger partial charge in [-0.05, 0) is 34.1 Å². The Morgan fingerprint density at radius 3 is 3.00 bits per heavy atom. The van der Waals surface area contributed by atoms with Crippen LogP contribution in [-0.2, 0) is 0 Å². The molecule has 0 radical (unpaired) electrons. The molecule has 0 amide bonds. The van der Waals surface area contributed by atoms with Crippen LogP contribution >= 0.6 is 15.9 Å². The normalized spacial score (nSPS) is 10.0. The molecule has 0 aliphatic heterocycles. The van der Waals surface area contributed by atoms with Gasteiger partial charge in [-0.2, -0.15) is 5.26 Å². The lowest BCUT2D eigenvalue weighted by atomic mass is 10.2.